The molecule has 5 heteroatoms. The third kappa shape index (κ3) is 1.12. The molecule has 0 atom stereocenters. The summed E-state index contributed by atoms with van der Waals surface area (Å²) in [5, 5.41) is 10.1. The van der Waals surface area contributed by atoms with Crippen molar-refractivity contribution in [2.24, 2.45) is 0 Å². The normalized spacial score (nSPS) is 10.2. The molecule has 0 amide bonds. The van der Waals surface area contributed by atoms with E-state index in [1.807, 2.05) is 0 Å². The minimum Gasteiger partial charge on any atom is -0.389 e. The van der Waals surface area contributed by atoms with Crippen molar-refractivity contribution in [2.45, 2.75) is 6.92 Å². The average molecular weight is 190 g/mol. The molecule has 0 spiro atoms. The highest BCUT2D eigenvalue weighted by molar-refractivity contribution is 7.11. The molecule has 0 fully saturated rings. The summed E-state index contributed by atoms with van der Waals surface area (Å²) in [4.78, 5) is 4.16. The number of nitrogens with two attached hydrogens (primary N) is 1. The highest BCUT2D eigenvalue weighted by atomic mass is 32.1. The van der Waals surface area contributed by atoms with E-state index in [-0.39, 0.29) is 0 Å². The maximum absolute atomic E-state index is 8.76. The molecule has 0 aliphatic rings. The molecule has 0 radical (unpaired) electrons. The maximum atomic E-state index is 8.76. The van der Waals surface area contributed by atoms with Crippen LogP contribution in [0.2, 0.25) is 0 Å². The molecule has 13 heavy (non-hydrogen) atoms. The van der Waals surface area contributed by atoms with Crippen LogP contribution < -0.4 is 5.73 Å². The van der Waals surface area contributed by atoms with Crippen LogP contribution in [0.15, 0.2) is 6.07 Å². The quantitative estimate of drug-likeness (QED) is 0.682. The molecular formula is C8H6N4S. The molecule has 0 saturated carbocycles. The van der Waals surface area contributed by atoms with Gasteiger partial charge in [-0.25, -0.2) is 4.98 Å². The Hall–Kier alpha value is -1.67. The van der Waals surface area contributed by atoms with E-state index in [0.29, 0.717) is 21.9 Å². The van der Waals surface area contributed by atoms with Crippen molar-refractivity contribution in [2.75, 3.05) is 5.73 Å². The summed E-state index contributed by atoms with van der Waals surface area (Å²) in [7, 11) is 0. The second-order valence-corrected chi connectivity index (χ2v) is 3.46. The number of nitriles is 1. The van der Waals surface area contributed by atoms with Crippen LogP contribution in [-0.2, 0) is 0 Å². The van der Waals surface area contributed by atoms with Crippen molar-refractivity contribution >= 4 is 27.6 Å². The molecule has 64 valence electrons. The number of hydrogen-bond acceptors (Lipinski definition) is 5. The fourth-order valence-electron chi connectivity index (χ4n) is 1.10. The number of pyridine rings is 1. The van der Waals surface area contributed by atoms with Gasteiger partial charge in [0, 0.05) is 0 Å². The van der Waals surface area contributed by atoms with Gasteiger partial charge in [-0.15, -0.1) is 0 Å². The van der Waals surface area contributed by atoms with Gasteiger partial charge in [-0.2, -0.15) is 9.64 Å². The lowest BCUT2D eigenvalue weighted by molar-refractivity contribution is 1.21. The van der Waals surface area contributed by atoms with Gasteiger partial charge in [-0.1, -0.05) is 0 Å². The van der Waals surface area contributed by atoms with Crippen LogP contribution in [0.5, 0.6) is 0 Å². The van der Waals surface area contributed by atoms with E-state index in [0.717, 1.165) is 5.39 Å². The number of fused-ring (bicyclic) bond motifs is 1. The van der Waals surface area contributed by atoms with Crippen molar-refractivity contribution in [1.29, 1.82) is 5.26 Å². The van der Waals surface area contributed by atoms with Gasteiger partial charge < -0.3 is 5.73 Å². The molecule has 0 aromatic carbocycles. The smallest absolute Gasteiger partial charge is 0.175 e. The zero-order valence-electron chi connectivity index (χ0n) is 6.90. The average Bonchev–Trinajstić information content (AvgIpc) is 2.46. The van der Waals surface area contributed by atoms with Crippen LogP contribution in [0.1, 0.15) is 11.3 Å². The largest absolute Gasteiger partial charge is 0.389 e. The molecule has 2 N–H and O–H groups in total. The summed E-state index contributed by atoms with van der Waals surface area (Å²) >= 11 is 1.20. The Labute approximate surface area is 78.8 Å². The SMILES string of the molecule is Cc1nc2nsc(N)c2cc1C#N. The van der Waals surface area contributed by atoms with E-state index in [1.165, 1.54) is 11.5 Å². The van der Waals surface area contributed by atoms with Crippen LogP contribution in [0.4, 0.5) is 5.00 Å². The summed E-state index contributed by atoms with van der Waals surface area (Å²) in [6, 6.07) is 3.80. The maximum Gasteiger partial charge on any atom is 0.175 e. The summed E-state index contributed by atoms with van der Waals surface area (Å²) in [5.41, 5.74) is 7.53. The molecule has 0 aliphatic carbocycles. The number of aromatic nitrogens is 2. The summed E-state index contributed by atoms with van der Waals surface area (Å²) in [6.45, 7) is 1.79. The van der Waals surface area contributed by atoms with Gasteiger partial charge in [0.05, 0.1) is 16.6 Å². The molecule has 2 rings (SSSR count). The predicted octanol–water partition coefficient (Wildman–Crippen LogP) is 1.45. The molecule has 2 aromatic heterocycles. The third-order valence-corrected chi connectivity index (χ3v) is 2.49. The predicted molar refractivity (Wildman–Crippen MR) is 51.3 cm³/mol. The molecule has 0 saturated heterocycles. The first-order valence-corrected chi connectivity index (χ1v) is 4.42. The van der Waals surface area contributed by atoms with Gasteiger partial charge in [0.1, 0.15) is 11.1 Å². The number of aryl methyl sites for hydroxylation is 1. The van der Waals surface area contributed by atoms with E-state index in [1.54, 1.807) is 13.0 Å². The summed E-state index contributed by atoms with van der Waals surface area (Å²) in [5.74, 6) is 0. The first-order chi connectivity index (χ1) is 6.22. The van der Waals surface area contributed by atoms with E-state index < -0.39 is 0 Å². The minimum atomic E-state index is 0.555. The lowest BCUT2D eigenvalue weighted by Crippen LogP contribution is -1.89. The van der Waals surface area contributed by atoms with Gasteiger partial charge in [0.15, 0.2) is 5.65 Å². The van der Waals surface area contributed by atoms with Crippen molar-refractivity contribution in [1.82, 2.24) is 9.36 Å². The van der Waals surface area contributed by atoms with Crippen molar-refractivity contribution < 1.29 is 0 Å². The Morgan fingerprint density at radius 1 is 1.62 bits per heavy atom. The summed E-state index contributed by atoms with van der Waals surface area (Å²) in [6.07, 6.45) is 0. The standard InChI is InChI=1S/C8H6N4S/c1-4-5(3-9)2-6-7(10)13-12-8(6)11-4/h2H,10H2,1H3. The number of nitrogen functional groups attached to an aromatic ring is 1. The Bertz CT molecular complexity index is 509. The number of hydrogen-bond donors (Lipinski definition) is 1. The van der Waals surface area contributed by atoms with Gasteiger partial charge >= 0.3 is 0 Å². The van der Waals surface area contributed by atoms with Gasteiger partial charge in [0.2, 0.25) is 0 Å². The Morgan fingerprint density at radius 2 is 2.38 bits per heavy atom. The fourth-order valence-corrected chi connectivity index (χ4v) is 1.67. The minimum absolute atomic E-state index is 0.555. The highest BCUT2D eigenvalue weighted by Gasteiger charge is 2.07. The third-order valence-electron chi connectivity index (χ3n) is 1.81. The first kappa shape index (κ1) is 7.95. The van der Waals surface area contributed by atoms with Crippen molar-refractivity contribution in [3.8, 4) is 6.07 Å². The lowest BCUT2D eigenvalue weighted by atomic mass is 10.2. The Kier molecular flexibility index (Phi) is 1.64. The Balaban J connectivity index is 2.86. The highest BCUT2D eigenvalue weighted by Crippen LogP contribution is 2.24. The number of nitrogens with zero attached hydrogens (tertiary/aromatic N) is 3. The zero-order chi connectivity index (χ0) is 9.42. The molecule has 0 unspecified atom stereocenters. The van der Waals surface area contributed by atoms with Gasteiger partial charge in [-0.05, 0) is 24.5 Å². The van der Waals surface area contributed by atoms with Crippen LogP contribution >= 0.6 is 11.5 Å². The fraction of sp³-hybridized carbons (Fsp3) is 0.125. The second kappa shape index (κ2) is 2.68. The van der Waals surface area contributed by atoms with E-state index in [2.05, 4.69) is 15.4 Å². The summed E-state index contributed by atoms with van der Waals surface area (Å²) < 4.78 is 4.05. The Morgan fingerprint density at radius 3 is 3.08 bits per heavy atom. The van der Waals surface area contributed by atoms with Gasteiger partial charge in [-0.3, -0.25) is 0 Å². The first-order valence-electron chi connectivity index (χ1n) is 3.65. The van der Waals surface area contributed by atoms with E-state index >= 15 is 0 Å². The second-order valence-electron chi connectivity index (χ2n) is 2.65. The molecule has 0 aliphatic heterocycles. The number of anilines is 1. The van der Waals surface area contributed by atoms with Crippen molar-refractivity contribution in [3.63, 3.8) is 0 Å². The molecular weight excluding hydrogens is 184 g/mol. The number of rotatable bonds is 0. The van der Waals surface area contributed by atoms with Crippen LogP contribution in [0, 0.1) is 18.3 Å². The van der Waals surface area contributed by atoms with Gasteiger partial charge in [0.25, 0.3) is 0 Å². The molecule has 2 heterocycles. The van der Waals surface area contributed by atoms with E-state index in [4.69, 9.17) is 11.0 Å². The van der Waals surface area contributed by atoms with E-state index in [9.17, 15) is 0 Å². The van der Waals surface area contributed by atoms with Crippen molar-refractivity contribution in [3.05, 3.63) is 17.3 Å². The van der Waals surface area contributed by atoms with Crippen LogP contribution in [0.25, 0.3) is 11.0 Å². The molecule has 4 nitrogen and oxygen atoms in total. The molecule has 0 bridgehead atoms. The zero-order valence-corrected chi connectivity index (χ0v) is 7.72. The lowest BCUT2D eigenvalue weighted by Gasteiger charge is -1.95. The monoisotopic (exact) mass is 190 g/mol. The van der Waals surface area contributed by atoms with Crippen LogP contribution in [-0.4, -0.2) is 9.36 Å². The van der Waals surface area contributed by atoms with Crippen LogP contribution in [0.3, 0.4) is 0 Å². The topological polar surface area (TPSA) is 75.6 Å². The molecule has 2 aromatic rings.